The lowest BCUT2D eigenvalue weighted by atomic mass is 9.98. The molecule has 0 unspecified atom stereocenters. The molecule has 9 nitrogen and oxygen atoms in total. The van der Waals surface area contributed by atoms with Crippen molar-refractivity contribution in [1.82, 2.24) is 20.0 Å². The third-order valence-electron chi connectivity index (χ3n) is 6.56. The molecule has 0 spiro atoms. The normalized spacial score (nSPS) is 12.1. The molecule has 0 saturated carbocycles. The maximum absolute atomic E-state index is 13.2. The SMILES string of the molecule is Bc1cccn2cc(-c3ccc(C[C@@H](CNC(=O)C(C)(C)N)NC(=O)c4ccc(OC(C)C)c(C#N)c4)cc3)nc12. The molecule has 210 valence electrons. The Hall–Kier alpha value is -4.62. The van der Waals surface area contributed by atoms with Gasteiger partial charge in [0, 0.05) is 30.1 Å². The van der Waals surface area contributed by atoms with Crippen LogP contribution in [0.4, 0.5) is 0 Å². The van der Waals surface area contributed by atoms with Gasteiger partial charge in [0.1, 0.15) is 25.3 Å². The molecule has 2 aromatic carbocycles. The lowest BCUT2D eigenvalue weighted by molar-refractivity contribution is -0.125. The summed E-state index contributed by atoms with van der Waals surface area (Å²) in [6.45, 7) is 7.17. The number of nitrogens with one attached hydrogen (secondary N) is 2. The number of hydrogen-bond acceptors (Lipinski definition) is 6. The molecule has 4 aromatic rings. The van der Waals surface area contributed by atoms with Crippen LogP contribution in [-0.2, 0) is 11.2 Å². The zero-order valence-corrected chi connectivity index (χ0v) is 24.1. The largest absolute Gasteiger partial charge is 0.490 e. The minimum absolute atomic E-state index is 0.107. The molecule has 4 N–H and O–H groups in total. The summed E-state index contributed by atoms with van der Waals surface area (Å²) in [5.74, 6) is -0.259. The molecule has 10 heteroatoms. The van der Waals surface area contributed by atoms with Gasteiger partial charge < -0.3 is 25.5 Å². The Labute approximate surface area is 241 Å². The van der Waals surface area contributed by atoms with Gasteiger partial charge >= 0.3 is 0 Å². The molecule has 0 fully saturated rings. The molecule has 0 bridgehead atoms. The van der Waals surface area contributed by atoms with Crippen LogP contribution in [0.25, 0.3) is 16.9 Å². The average Bonchev–Trinajstić information content (AvgIpc) is 3.37. The van der Waals surface area contributed by atoms with Crippen LogP contribution in [0, 0.1) is 11.3 Å². The number of nitrogens with two attached hydrogens (primary N) is 1. The molecule has 0 aliphatic carbocycles. The van der Waals surface area contributed by atoms with Crippen molar-refractivity contribution < 1.29 is 14.3 Å². The van der Waals surface area contributed by atoms with Crippen molar-refractivity contribution in [3.63, 3.8) is 0 Å². The van der Waals surface area contributed by atoms with E-state index in [0.29, 0.717) is 17.7 Å². The van der Waals surface area contributed by atoms with E-state index in [1.54, 1.807) is 26.0 Å². The Kier molecular flexibility index (Phi) is 8.79. The van der Waals surface area contributed by atoms with Crippen molar-refractivity contribution in [2.24, 2.45) is 5.73 Å². The summed E-state index contributed by atoms with van der Waals surface area (Å²) in [6, 6.07) is 18.4. The van der Waals surface area contributed by atoms with E-state index in [0.717, 1.165) is 27.9 Å². The highest BCUT2D eigenvalue weighted by Gasteiger charge is 2.24. The number of imidazole rings is 1. The molecule has 0 aliphatic heterocycles. The Morgan fingerprint density at radius 2 is 1.90 bits per heavy atom. The van der Waals surface area contributed by atoms with Crippen LogP contribution >= 0.6 is 0 Å². The van der Waals surface area contributed by atoms with Crippen LogP contribution in [0.5, 0.6) is 5.75 Å². The predicted molar refractivity (Wildman–Crippen MR) is 162 cm³/mol. The zero-order chi connectivity index (χ0) is 29.7. The standard InChI is InChI=1S/C31H35BN6O3/c1-19(2)41-27-12-11-22(15-23(27)16-33)29(39)36-24(17-35-30(40)31(3,4)34)14-20-7-9-21(10-8-20)26-18-38-13-5-6-25(32)28(38)37-26/h5-13,15,18-19,24H,14,17,32,34H2,1-4H3,(H,35,40)(H,36,39)/t24-/m0/s1. The third-order valence-corrected chi connectivity index (χ3v) is 6.56. The van der Waals surface area contributed by atoms with E-state index in [1.165, 1.54) is 6.07 Å². The van der Waals surface area contributed by atoms with Crippen LogP contribution in [0.3, 0.4) is 0 Å². The van der Waals surface area contributed by atoms with Gasteiger partial charge in [-0.3, -0.25) is 9.59 Å². The number of amides is 2. The maximum Gasteiger partial charge on any atom is 0.251 e. The minimum Gasteiger partial charge on any atom is -0.490 e. The Bertz CT molecular complexity index is 1600. The Morgan fingerprint density at radius 3 is 2.54 bits per heavy atom. The van der Waals surface area contributed by atoms with E-state index in [9.17, 15) is 14.9 Å². The second-order valence-corrected chi connectivity index (χ2v) is 11.0. The fourth-order valence-corrected chi connectivity index (χ4v) is 4.39. The first kappa shape index (κ1) is 29.4. The number of ether oxygens (including phenoxy) is 1. The number of carbonyl (C=O) groups is 2. The van der Waals surface area contributed by atoms with Crippen LogP contribution in [0.2, 0.25) is 0 Å². The fourth-order valence-electron chi connectivity index (χ4n) is 4.39. The van der Waals surface area contributed by atoms with E-state index in [2.05, 4.69) is 16.7 Å². The lowest BCUT2D eigenvalue weighted by Gasteiger charge is -2.23. The van der Waals surface area contributed by atoms with Crippen molar-refractivity contribution in [2.75, 3.05) is 6.54 Å². The molecule has 2 amide bonds. The molecule has 2 aromatic heterocycles. The molecule has 1 atom stereocenters. The number of aromatic nitrogens is 2. The number of benzene rings is 2. The number of rotatable bonds is 10. The lowest BCUT2D eigenvalue weighted by Crippen LogP contribution is -2.53. The predicted octanol–water partition coefficient (Wildman–Crippen LogP) is 2.11. The van der Waals surface area contributed by atoms with Crippen molar-refractivity contribution in [1.29, 1.82) is 5.26 Å². The molecule has 4 rings (SSSR count). The molecular formula is C31H35BN6O3. The van der Waals surface area contributed by atoms with Gasteiger partial charge in [0.15, 0.2) is 0 Å². The molecule has 0 aliphatic rings. The minimum atomic E-state index is -1.06. The van der Waals surface area contributed by atoms with E-state index < -0.39 is 11.6 Å². The first-order valence-electron chi connectivity index (χ1n) is 13.6. The highest BCUT2D eigenvalue weighted by atomic mass is 16.5. The van der Waals surface area contributed by atoms with Gasteiger partial charge in [0.05, 0.1) is 28.9 Å². The number of carbonyl (C=O) groups excluding carboxylic acids is 2. The highest BCUT2D eigenvalue weighted by molar-refractivity contribution is 6.36. The molecule has 2 heterocycles. The first-order valence-corrected chi connectivity index (χ1v) is 13.6. The first-order chi connectivity index (χ1) is 19.4. The van der Waals surface area contributed by atoms with E-state index in [-0.39, 0.29) is 30.0 Å². The summed E-state index contributed by atoms with van der Waals surface area (Å²) in [4.78, 5) is 30.5. The van der Waals surface area contributed by atoms with Gasteiger partial charge in [0.2, 0.25) is 5.91 Å². The average molecular weight is 550 g/mol. The van der Waals surface area contributed by atoms with Gasteiger partial charge in [-0.2, -0.15) is 5.26 Å². The monoisotopic (exact) mass is 550 g/mol. The summed E-state index contributed by atoms with van der Waals surface area (Å²) in [5.41, 5.74) is 10.3. The molecule has 0 saturated heterocycles. The number of fused-ring (bicyclic) bond motifs is 1. The molecule has 41 heavy (non-hydrogen) atoms. The summed E-state index contributed by atoms with van der Waals surface area (Å²) in [5, 5.41) is 15.4. The Morgan fingerprint density at radius 1 is 1.17 bits per heavy atom. The number of hydrogen-bond donors (Lipinski definition) is 3. The summed E-state index contributed by atoms with van der Waals surface area (Å²) in [6.07, 6.45) is 4.32. The molecular weight excluding hydrogens is 515 g/mol. The topological polar surface area (TPSA) is 135 Å². The van der Waals surface area contributed by atoms with Crippen LogP contribution in [-0.4, -0.2) is 53.3 Å². The van der Waals surface area contributed by atoms with E-state index in [4.69, 9.17) is 15.5 Å². The van der Waals surface area contributed by atoms with Gasteiger partial charge in [0.25, 0.3) is 5.91 Å². The summed E-state index contributed by atoms with van der Waals surface area (Å²) in [7, 11) is 2.03. The van der Waals surface area contributed by atoms with Crippen molar-refractivity contribution in [3.8, 4) is 23.1 Å². The Balaban J connectivity index is 1.53. The van der Waals surface area contributed by atoms with Gasteiger partial charge in [-0.25, -0.2) is 4.98 Å². The van der Waals surface area contributed by atoms with Crippen molar-refractivity contribution >= 4 is 30.8 Å². The fraction of sp³-hybridized carbons (Fsp3) is 0.290. The quantitative estimate of drug-likeness (QED) is 0.259. The van der Waals surface area contributed by atoms with E-state index >= 15 is 0 Å². The second-order valence-electron chi connectivity index (χ2n) is 11.0. The maximum atomic E-state index is 13.2. The van der Waals surface area contributed by atoms with Crippen molar-refractivity contribution in [3.05, 3.63) is 83.7 Å². The van der Waals surface area contributed by atoms with Gasteiger partial charge in [-0.15, -0.1) is 0 Å². The van der Waals surface area contributed by atoms with E-state index in [1.807, 2.05) is 74.9 Å². The summed E-state index contributed by atoms with van der Waals surface area (Å²) >= 11 is 0. The smallest absolute Gasteiger partial charge is 0.251 e. The number of nitrogens with zero attached hydrogens (tertiary/aromatic N) is 3. The number of nitriles is 1. The highest BCUT2D eigenvalue weighted by Crippen LogP contribution is 2.22. The zero-order valence-electron chi connectivity index (χ0n) is 24.1. The van der Waals surface area contributed by atoms with Gasteiger partial charge in [-0.1, -0.05) is 30.3 Å². The van der Waals surface area contributed by atoms with Gasteiger partial charge in [-0.05, 0) is 69.4 Å². The third kappa shape index (κ3) is 7.32. The summed E-state index contributed by atoms with van der Waals surface area (Å²) < 4.78 is 7.68. The van der Waals surface area contributed by atoms with Crippen LogP contribution in [0.1, 0.15) is 49.2 Å². The van der Waals surface area contributed by atoms with Crippen molar-refractivity contribution in [2.45, 2.75) is 51.8 Å². The second kappa shape index (κ2) is 12.3. The molecule has 0 radical (unpaired) electrons. The van der Waals surface area contributed by atoms with Crippen LogP contribution in [0.15, 0.2) is 67.0 Å². The number of pyridine rings is 1. The van der Waals surface area contributed by atoms with Crippen LogP contribution < -0.4 is 26.6 Å².